The van der Waals surface area contributed by atoms with Crippen LogP contribution in [0.1, 0.15) is 41.3 Å². The second-order valence-electron chi connectivity index (χ2n) is 7.80. The largest absolute Gasteiger partial charge is 0.261 e. The van der Waals surface area contributed by atoms with Crippen LogP contribution in [-0.4, -0.2) is 4.98 Å². The first-order valence-corrected chi connectivity index (χ1v) is 10.6. The van der Waals surface area contributed by atoms with Gasteiger partial charge in [-0.2, -0.15) is 0 Å². The van der Waals surface area contributed by atoms with Gasteiger partial charge in [0.05, 0.1) is 5.56 Å². The van der Waals surface area contributed by atoms with E-state index in [0.717, 1.165) is 29.3 Å². The molecule has 0 aliphatic heterocycles. The van der Waals surface area contributed by atoms with E-state index >= 15 is 0 Å². The van der Waals surface area contributed by atoms with Crippen LogP contribution in [0.25, 0.3) is 10.8 Å². The quantitative estimate of drug-likeness (QED) is 0.318. The second-order valence-corrected chi connectivity index (χ2v) is 7.80. The van der Waals surface area contributed by atoms with Gasteiger partial charge in [-0.25, -0.2) is 13.2 Å². The number of nitrogens with zero attached hydrogens (tertiary/aromatic N) is 1. The van der Waals surface area contributed by atoms with Crippen LogP contribution in [0.2, 0.25) is 0 Å². The highest BCUT2D eigenvalue weighted by Crippen LogP contribution is 2.19. The zero-order chi connectivity index (χ0) is 22.5. The second kappa shape index (κ2) is 9.70. The molecule has 0 saturated heterocycles. The highest BCUT2D eigenvalue weighted by atomic mass is 19.1. The molecular weight excluding hydrogens is 407 g/mol. The third-order valence-corrected chi connectivity index (χ3v) is 5.33. The van der Waals surface area contributed by atoms with Gasteiger partial charge in [0.25, 0.3) is 0 Å². The van der Waals surface area contributed by atoms with Crippen LogP contribution in [-0.2, 0) is 19.3 Å². The van der Waals surface area contributed by atoms with Crippen LogP contribution >= 0.6 is 0 Å². The molecule has 0 bridgehead atoms. The fraction of sp³-hybridized carbons (Fsp3) is 0.179. The molecule has 4 heteroatoms. The standard InChI is InChI=1S/C28H22F3N/c1-2-3-20-5-11-25(32-18-20)12-6-21-15-27(30)26(28(31)16-21)13-7-19-4-8-23-17-24(29)10-9-22(23)14-19/h4-5,8-11,14-18H,2-3,6,12H2,1H3. The normalized spacial score (nSPS) is 10.8. The molecule has 0 fully saturated rings. The van der Waals surface area contributed by atoms with Gasteiger partial charge in [-0.15, -0.1) is 0 Å². The number of benzene rings is 3. The van der Waals surface area contributed by atoms with Gasteiger partial charge in [0, 0.05) is 17.5 Å². The van der Waals surface area contributed by atoms with E-state index in [2.05, 4.69) is 29.8 Å². The van der Waals surface area contributed by atoms with Crippen LogP contribution in [0, 0.1) is 29.3 Å². The van der Waals surface area contributed by atoms with Crippen molar-refractivity contribution < 1.29 is 13.2 Å². The Morgan fingerprint density at radius 2 is 1.47 bits per heavy atom. The zero-order valence-corrected chi connectivity index (χ0v) is 17.8. The predicted molar refractivity (Wildman–Crippen MR) is 122 cm³/mol. The van der Waals surface area contributed by atoms with E-state index < -0.39 is 11.6 Å². The summed E-state index contributed by atoms with van der Waals surface area (Å²) in [6.45, 7) is 2.12. The van der Waals surface area contributed by atoms with Gasteiger partial charge >= 0.3 is 0 Å². The highest BCUT2D eigenvalue weighted by molar-refractivity contribution is 5.84. The topological polar surface area (TPSA) is 12.9 Å². The van der Waals surface area contributed by atoms with E-state index in [0.29, 0.717) is 24.0 Å². The van der Waals surface area contributed by atoms with Crippen molar-refractivity contribution in [2.24, 2.45) is 0 Å². The molecule has 4 rings (SSSR count). The first kappa shape index (κ1) is 21.6. The number of aromatic nitrogens is 1. The van der Waals surface area contributed by atoms with Gasteiger partial charge in [0.15, 0.2) is 0 Å². The molecule has 0 aliphatic carbocycles. The summed E-state index contributed by atoms with van der Waals surface area (Å²) in [5, 5.41) is 1.55. The molecule has 0 saturated carbocycles. The lowest BCUT2D eigenvalue weighted by molar-refractivity contribution is 0.573. The van der Waals surface area contributed by atoms with E-state index in [1.165, 1.54) is 29.8 Å². The van der Waals surface area contributed by atoms with Gasteiger partial charge in [-0.05, 0) is 83.6 Å². The van der Waals surface area contributed by atoms with Crippen molar-refractivity contribution in [2.45, 2.75) is 32.6 Å². The Kier molecular flexibility index (Phi) is 6.56. The number of halogens is 3. The van der Waals surface area contributed by atoms with E-state index in [1.54, 1.807) is 24.3 Å². The Morgan fingerprint density at radius 3 is 2.19 bits per heavy atom. The monoisotopic (exact) mass is 429 g/mol. The minimum atomic E-state index is -0.679. The SMILES string of the molecule is CCCc1ccc(CCc2cc(F)c(C#Cc3ccc4cc(F)ccc4c3)c(F)c2)nc1. The lowest BCUT2D eigenvalue weighted by Crippen LogP contribution is -1.99. The summed E-state index contributed by atoms with van der Waals surface area (Å²) in [5.41, 5.74) is 3.00. The predicted octanol–water partition coefficient (Wildman–Crippen LogP) is 6.79. The smallest absolute Gasteiger partial charge is 0.142 e. The lowest BCUT2D eigenvalue weighted by Gasteiger charge is -2.06. The zero-order valence-electron chi connectivity index (χ0n) is 17.8. The van der Waals surface area contributed by atoms with Crippen molar-refractivity contribution in [2.75, 3.05) is 0 Å². The van der Waals surface area contributed by atoms with E-state index in [4.69, 9.17) is 0 Å². The van der Waals surface area contributed by atoms with Crippen molar-refractivity contribution in [3.63, 3.8) is 0 Å². The summed E-state index contributed by atoms with van der Waals surface area (Å²) in [7, 11) is 0. The van der Waals surface area contributed by atoms with Crippen LogP contribution < -0.4 is 0 Å². The molecule has 4 aromatic rings. The van der Waals surface area contributed by atoms with Gasteiger partial charge in [0.2, 0.25) is 0 Å². The van der Waals surface area contributed by atoms with E-state index in [1.807, 2.05) is 12.3 Å². The Balaban J connectivity index is 1.49. The molecular formula is C28H22F3N. The molecule has 1 nitrogen and oxygen atoms in total. The van der Waals surface area contributed by atoms with E-state index in [9.17, 15) is 13.2 Å². The fourth-order valence-corrected chi connectivity index (χ4v) is 3.63. The van der Waals surface area contributed by atoms with Gasteiger partial charge in [-0.3, -0.25) is 4.98 Å². The average molecular weight is 429 g/mol. The summed E-state index contributed by atoms with van der Waals surface area (Å²) in [6, 6.07) is 16.3. The van der Waals surface area contributed by atoms with Crippen molar-refractivity contribution in [1.82, 2.24) is 4.98 Å². The number of hydrogen-bond acceptors (Lipinski definition) is 1. The lowest BCUT2D eigenvalue weighted by atomic mass is 10.0. The summed E-state index contributed by atoms with van der Waals surface area (Å²) in [6.07, 6.45) is 5.01. The molecule has 160 valence electrons. The minimum Gasteiger partial charge on any atom is -0.261 e. The van der Waals surface area contributed by atoms with Crippen molar-refractivity contribution in [3.05, 3.63) is 112 Å². The van der Waals surface area contributed by atoms with Gasteiger partial charge in [-0.1, -0.05) is 43.4 Å². The maximum Gasteiger partial charge on any atom is 0.142 e. The van der Waals surface area contributed by atoms with Gasteiger partial charge < -0.3 is 0 Å². The fourth-order valence-electron chi connectivity index (χ4n) is 3.63. The number of rotatable bonds is 5. The molecule has 0 aliphatic rings. The number of fused-ring (bicyclic) bond motifs is 1. The van der Waals surface area contributed by atoms with Gasteiger partial charge in [0.1, 0.15) is 17.5 Å². The molecule has 3 aromatic carbocycles. The van der Waals surface area contributed by atoms with Crippen LogP contribution in [0.15, 0.2) is 66.9 Å². The summed E-state index contributed by atoms with van der Waals surface area (Å²) >= 11 is 0. The first-order chi connectivity index (χ1) is 15.5. The van der Waals surface area contributed by atoms with Crippen molar-refractivity contribution in [3.8, 4) is 11.8 Å². The number of pyridine rings is 1. The summed E-state index contributed by atoms with van der Waals surface area (Å²) < 4.78 is 42.5. The van der Waals surface area contributed by atoms with E-state index in [-0.39, 0.29) is 11.4 Å². The Hall–Kier alpha value is -3.58. The number of aryl methyl sites for hydroxylation is 3. The molecule has 0 amide bonds. The molecule has 0 N–H and O–H groups in total. The minimum absolute atomic E-state index is 0.255. The maximum atomic E-state index is 14.6. The molecule has 0 atom stereocenters. The van der Waals surface area contributed by atoms with Crippen LogP contribution in [0.3, 0.4) is 0 Å². The van der Waals surface area contributed by atoms with Crippen LogP contribution in [0.5, 0.6) is 0 Å². The maximum absolute atomic E-state index is 14.6. The number of hydrogen-bond donors (Lipinski definition) is 0. The molecule has 1 aromatic heterocycles. The Morgan fingerprint density at radius 1 is 0.719 bits per heavy atom. The molecule has 0 radical (unpaired) electrons. The molecule has 0 spiro atoms. The van der Waals surface area contributed by atoms with Crippen LogP contribution in [0.4, 0.5) is 13.2 Å². The van der Waals surface area contributed by atoms with Crippen molar-refractivity contribution >= 4 is 10.8 Å². The average Bonchev–Trinajstić information content (AvgIpc) is 2.78. The Labute approximate surface area is 185 Å². The highest BCUT2D eigenvalue weighted by Gasteiger charge is 2.10. The third kappa shape index (κ3) is 5.18. The molecule has 0 unspecified atom stereocenters. The molecule has 1 heterocycles. The summed E-state index contributed by atoms with van der Waals surface area (Å²) in [5.74, 6) is 3.74. The third-order valence-electron chi connectivity index (χ3n) is 5.33. The van der Waals surface area contributed by atoms with Crippen molar-refractivity contribution in [1.29, 1.82) is 0 Å². The molecule has 32 heavy (non-hydrogen) atoms. The Bertz CT molecular complexity index is 1290. The summed E-state index contributed by atoms with van der Waals surface area (Å²) in [4.78, 5) is 4.43. The first-order valence-electron chi connectivity index (χ1n) is 10.6.